The van der Waals surface area contributed by atoms with E-state index in [-0.39, 0.29) is 0 Å². The summed E-state index contributed by atoms with van der Waals surface area (Å²) in [4.78, 5) is 10.3. The number of amides is 1. The Balaban J connectivity index is 2.83. The summed E-state index contributed by atoms with van der Waals surface area (Å²) >= 11 is 3.33. The van der Waals surface area contributed by atoms with Crippen molar-refractivity contribution in [3.63, 3.8) is 0 Å². The van der Waals surface area contributed by atoms with E-state index in [0.717, 1.165) is 10.9 Å². The van der Waals surface area contributed by atoms with Crippen LogP contribution in [-0.2, 0) is 10.1 Å². The largest absolute Gasteiger partial charge is 0.359 e. The van der Waals surface area contributed by atoms with Crippen LogP contribution in [0, 0.1) is 11.8 Å². The number of rotatable bonds is 1. The highest BCUT2D eigenvalue weighted by atomic mass is 79.9. The molecule has 0 bridgehead atoms. The molecule has 0 radical (unpaired) electrons. The third-order valence-electron chi connectivity index (χ3n) is 1.44. The minimum Gasteiger partial charge on any atom is -0.359 e. The number of halogens is 1. The molecule has 0 heterocycles. The van der Waals surface area contributed by atoms with E-state index in [2.05, 4.69) is 27.8 Å². The molecule has 1 aromatic carbocycles. The smallest absolute Gasteiger partial charge is 0.293 e. The van der Waals surface area contributed by atoms with Crippen molar-refractivity contribution in [3.8, 4) is 11.8 Å². The molecule has 1 rings (SSSR count). The first kappa shape index (κ1) is 9.82. The quantitative estimate of drug-likeness (QED) is 0.583. The van der Waals surface area contributed by atoms with Crippen LogP contribution in [0.1, 0.15) is 11.1 Å². The third-order valence-corrected chi connectivity index (χ3v) is 2.09. The van der Waals surface area contributed by atoms with E-state index < -0.39 is 5.91 Å². The number of hydrogen-bond donors (Lipinski definition) is 1. The summed E-state index contributed by atoms with van der Waals surface area (Å²) in [5.41, 5.74) is 6.84. The summed E-state index contributed by atoms with van der Waals surface area (Å²) in [5.74, 6) is 4.33. The Morgan fingerprint density at radius 2 is 2.00 bits per heavy atom. The van der Waals surface area contributed by atoms with Crippen LogP contribution in [0.5, 0.6) is 0 Å². The number of primary amides is 1. The van der Waals surface area contributed by atoms with Crippen LogP contribution in [0.2, 0.25) is 0 Å². The van der Waals surface area contributed by atoms with Crippen molar-refractivity contribution in [1.82, 2.24) is 0 Å². The lowest BCUT2D eigenvalue weighted by molar-refractivity contribution is -0.112. The SMILES string of the molecule is NC(=O)C#Cc1ccc(CBr)cc1. The van der Waals surface area contributed by atoms with E-state index >= 15 is 0 Å². The van der Waals surface area contributed by atoms with Crippen molar-refractivity contribution in [2.45, 2.75) is 5.33 Å². The number of hydrogen-bond acceptors (Lipinski definition) is 1. The zero-order valence-corrected chi connectivity index (χ0v) is 8.47. The van der Waals surface area contributed by atoms with Crippen LogP contribution >= 0.6 is 15.9 Å². The first-order chi connectivity index (χ1) is 6.22. The monoisotopic (exact) mass is 237 g/mol. The molecule has 13 heavy (non-hydrogen) atoms. The van der Waals surface area contributed by atoms with Gasteiger partial charge in [-0.25, -0.2) is 0 Å². The summed E-state index contributed by atoms with van der Waals surface area (Å²) in [6.07, 6.45) is 0. The lowest BCUT2D eigenvalue weighted by Gasteiger charge is -1.93. The average molecular weight is 238 g/mol. The molecule has 0 saturated heterocycles. The second-order valence-corrected chi connectivity index (χ2v) is 3.01. The zero-order valence-electron chi connectivity index (χ0n) is 6.88. The summed E-state index contributed by atoms with van der Waals surface area (Å²) in [6.45, 7) is 0. The molecule has 3 heteroatoms. The first-order valence-electron chi connectivity index (χ1n) is 3.68. The Morgan fingerprint density at radius 1 is 1.38 bits per heavy atom. The number of benzene rings is 1. The van der Waals surface area contributed by atoms with Crippen LogP contribution in [0.15, 0.2) is 24.3 Å². The molecular weight excluding hydrogens is 230 g/mol. The molecule has 0 saturated carbocycles. The topological polar surface area (TPSA) is 43.1 Å². The summed E-state index contributed by atoms with van der Waals surface area (Å²) in [7, 11) is 0. The van der Waals surface area contributed by atoms with Crippen LogP contribution < -0.4 is 5.73 Å². The van der Waals surface area contributed by atoms with Crippen LogP contribution in [-0.4, -0.2) is 5.91 Å². The van der Waals surface area contributed by atoms with E-state index in [9.17, 15) is 4.79 Å². The molecule has 1 amide bonds. The van der Waals surface area contributed by atoms with Gasteiger partial charge in [-0.2, -0.15) is 0 Å². The second-order valence-electron chi connectivity index (χ2n) is 2.44. The number of carbonyl (C=O) groups excluding carboxylic acids is 1. The standard InChI is InChI=1S/C10H8BrNO/c11-7-9-3-1-8(2-4-9)5-6-10(12)13/h1-4H,7H2,(H2,12,13). The zero-order chi connectivity index (χ0) is 9.68. The van der Waals surface area contributed by atoms with Crippen molar-refractivity contribution in [2.75, 3.05) is 0 Å². The predicted octanol–water partition coefficient (Wildman–Crippen LogP) is 1.42. The highest BCUT2D eigenvalue weighted by molar-refractivity contribution is 9.08. The van der Waals surface area contributed by atoms with Gasteiger partial charge >= 0.3 is 0 Å². The molecule has 2 nitrogen and oxygen atoms in total. The molecule has 0 unspecified atom stereocenters. The minimum atomic E-state index is -0.607. The number of carbonyl (C=O) groups is 1. The lowest BCUT2D eigenvalue weighted by Crippen LogP contribution is -2.06. The van der Waals surface area contributed by atoms with Crippen molar-refractivity contribution in [1.29, 1.82) is 0 Å². The Hall–Kier alpha value is -1.27. The normalized spacial score (nSPS) is 8.69. The average Bonchev–Trinajstić information content (AvgIpc) is 2.15. The summed E-state index contributed by atoms with van der Waals surface area (Å²) < 4.78 is 0. The van der Waals surface area contributed by atoms with Gasteiger partial charge in [-0.05, 0) is 23.6 Å². The molecular formula is C10H8BrNO. The van der Waals surface area contributed by atoms with Gasteiger partial charge in [0, 0.05) is 10.9 Å². The van der Waals surface area contributed by atoms with Gasteiger partial charge in [-0.3, -0.25) is 4.79 Å². The molecule has 66 valence electrons. The van der Waals surface area contributed by atoms with Crippen molar-refractivity contribution in [3.05, 3.63) is 35.4 Å². The molecule has 2 N–H and O–H groups in total. The summed E-state index contributed by atoms with van der Waals surface area (Å²) in [6, 6.07) is 7.60. The predicted molar refractivity (Wildman–Crippen MR) is 55.1 cm³/mol. The van der Waals surface area contributed by atoms with Crippen molar-refractivity contribution in [2.24, 2.45) is 5.73 Å². The fraction of sp³-hybridized carbons (Fsp3) is 0.100. The van der Waals surface area contributed by atoms with Gasteiger partial charge in [0.1, 0.15) is 0 Å². The maximum atomic E-state index is 10.3. The van der Waals surface area contributed by atoms with E-state index in [1.165, 1.54) is 5.56 Å². The fourth-order valence-corrected chi connectivity index (χ4v) is 1.18. The third kappa shape index (κ3) is 3.30. The van der Waals surface area contributed by atoms with E-state index in [0.29, 0.717) is 0 Å². The Kier molecular flexibility index (Phi) is 3.53. The van der Waals surface area contributed by atoms with Gasteiger partial charge in [0.2, 0.25) is 0 Å². The molecule has 0 atom stereocenters. The fourth-order valence-electron chi connectivity index (χ4n) is 0.811. The van der Waals surface area contributed by atoms with Crippen molar-refractivity contribution < 1.29 is 4.79 Å². The lowest BCUT2D eigenvalue weighted by atomic mass is 10.1. The van der Waals surface area contributed by atoms with Gasteiger partial charge in [0.05, 0.1) is 0 Å². The van der Waals surface area contributed by atoms with Gasteiger partial charge in [-0.15, -0.1) is 0 Å². The summed E-state index contributed by atoms with van der Waals surface area (Å²) in [5, 5.41) is 0.816. The Bertz CT molecular complexity index is 359. The number of alkyl halides is 1. The highest BCUT2D eigenvalue weighted by Gasteiger charge is 1.89. The maximum absolute atomic E-state index is 10.3. The molecule has 0 fully saturated rings. The second kappa shape index (κ2) is 4.68. The Morgan fingerprint density at radius 3 is 2.46 bits per heavy atom. The molecule has 0 spiro atoms. The van der Waals surface area contributed by atoms with Gasteiger partial charge in [0.15, 0.2) is 0 Å². The van der Waals surface area contributed by atoms with E-state index in [1.54, 1.807) is 0 Å². The van der Waals surface area contributed by atoms with Gasteiger partial charge < -0.3 is 5.73 Å². The molecule has 1 aromatic rings. The van der Waals surface area contributed by atoms with Crippen LogP contribution in [0.4, 0.5) is 0 Å². The number of nitrogens with two attached hydrogens (primary N) is 1. The van der Waals surface area contributed by atoms with Gasteiger partial charge in [-0.1, -0.05) is 34.0 Å². The first-order valence-corrected chi connectivity index (χ1v) is 4.81. The van der Waals surface area contributed by atoms with Gasteiger partial charge in [0.25, 0.3) is 5.91 Å². The van der Waals surface area contributed by atoms with E-state index in [4.69, 9.17) is 5.73 Å². The van der Waals surface area contributed by atoms with Crippen LogP contribution in [0.3, 0.4) is 0 Å². The van der Waals surface area contributed by atoms with E-state index in [1.807, 2.05) is 24.3 Å². The Labute approximate surface area is 85.3 Å². The molecule has 0 aliphatic rings. The molecule has 0 aliphatic carbocycles. The van der Waals surface area contributed by atoms with Crippen LogP contribution in [0.25, 0.3) is 0 Å². The molecule has 0 aliphatic heterocycles. The highest BCUT2D eigenvalue weighted by Crippen LogP contribution is 2.06. The van der Waals surface area contributed by atoms with Crippen molar-refractivity contribution >= 4 is 21.8 Å². The minimum absolute atomic E-state index is 0.607. The molecule has 0 aromatic heterocycles. The maximum Gasteiger partial charge on any atom is 0.293 e.